The molecule has 0 fully saturated rings. The topological polar surface area (TPSA) is 72.2 Å². The normalized spacial score (nSPS) is 14.5. The second-order valence-electron chi connectivity index (χ2n) is 5.59. The number of rotatable bonds is 1. The van der Waals surface area contributed by atoms with E-state index in [1.165, 1.54) is 0 Å². The number of aryl methyl sites for hydroxylation is 2. The van der Waals surface area contributed by atoms with Gasteiger partial charge in [0.05, 0.1) is 5.57 Å². The summed E-state index contributed by atoms with van der Waals surface area (Å²) in [5.74, 6) is -0.0620. The monoisotopic (exact) mass is 308 g/mol. The van der Waals surface area contributed by atoms with Crippen LogP contribution in [0.2, 0.25) is 0 Å². The van der Waals surface area contributed by atoms with E-state index < -0.39 is 0 Å². The summed E-state index contributed by atoms with van der Waals surface area (Å²) in [4.78, 5) is 20.3. The Morgan fingerprint density at radius 3 is 2.30 bits per heavy atom. The van der Waals surface area contributed by atoms with Crippen LogP contribution in [0.5, 0.6) is 0 Å². The first-order valence-electron chi connectivity index (χ1n) is 7.26. The molecule has 0 unspecified atom stereocenters. The zero-order chi connectivity index (χ0) is 17.1. The summed E-state index contributed by atoms with van der Waals surface area (Å²) in [5, 5.41) is 2.93. The number of hydrogen-bond donors (Lipinski definition) is 2. The number of fused-ring (bicyclic) bond motifs is 1. The molecule has 118 valence electrons. The van der Waals surface area contributed by atoms with Gasteiger partial charge in [-0.2, -0.15) is 0 Å². The van der Waals surface area contributed by atoms with Crippen LogP contribution in [0.15, 0.2) is 36.4 Å². The second kappa shape index (κ2) is 6.48. The summed E-state index contributed by atoms with van der Waals surface area (Å²) >= 11 is 0. The van der Waals surface area contributed by atoms with Gasteiger partial charge in [-0.05, 0) is 49.6 Å². The highest BCUT2D eigenvalue weighted by Crippen LogP contribution is 2.38. The molecule has 0 spiro atoms. The lowest BCUT2D eigenvalue weighted by atomic mass is 9.94. The summed E-state index contributed by atoms with van der Waals surface area (Å²) in [6, 6.07) is 11.9. The van der Waals surface area contributed by atoms with E-state index in [2.05, 4.69) is 5.32 Å². The molecule has 1 aliphatic heterocycles. The third kappa shape index (κ3) is 3.01. The number of benzene rings is 2. The Bertz CT molecular complexity index is 807. The maximum Gasteiger partial charge on any atom is 0.256 e. The van der Waals surface area contributed by atoms with Gasteiger partial charge < -0.3 is 15.8 Å². The first kappa shape index (κ1) is 16.5. The van der Waals surface area contributed by atoms with E-state index in [1.54, 1.807) is 0 Å². The highest BCUT2D eigenvalue weighted by molar-refractivity contribution is 6.36. The molecule has 4 heteroatoms. The Kier molecular flexibility index (Phi) is 4.65. The molecule has 0 atom stereocenters. The van der Waals surface area contributed by atoms with Gasteiger partial charge in [0.25, 0.3) is 5.91 Å². The molecule has 4 nitrogen and oxygen atoms in total. The van der Waals surface area contributed by atoms with Crippen LogP contribution in [-0.4, -0.2) is 12.7 Å². The molecule has 0 bridgehead atoms. The summed E-state index contributed by atoms with van der Waals surface area (Å²) in [6.07, 6.45) is 0. The Morgan fingerprint density at radius 1 is 1.04 bits per heavy atom. The van der Waals surface area contributed by atoms with E-state index in [4.69, 9.17) is 10.5 Å². The maximum atomic E-state index is 12.3. The molecule has 0 aromatic heterocycles. The minimum Gasteiger partial charge on any atom is -0.398 e. The van der Waals surface area contributed by atoms with Crippen molar-refractivity contribution in [1.82, 2.24) is 0 Å². The average Bonchev–Trinajstić information content (AvgIpc) is 2.83. The van der Waals surface area contributed by atoms with Gasteiger partial charge in [0.2, 0.25) is 0 Å². The number of anilines is 2. The van der Waals surface area contributed by atoms with Crippen LogP contribution in [0.1, 0.15) is 29.2 Å². The van der Waals surface area contributed by atoms with Crippen LogP contribution < -0.4 is 11.1 Å². The van der Waals surface area contributed by atoms with Crippen molar-refractivity contribution in [3.63, 3.8) is 0 Å². The van der Waals surface area contributed by atoms with Gasteiger partial charge in [-0.15, -0.1) is 0 Å². The number of carbonyl (C=O) groups excluding carboxylic acids is 2. The molecule has 3 N–H and O–H groups in total. The van der Waals surface area contributed by atoms with Crippen molar-refractivity contribution in [2.45, 2.75) is 20.8 Å². The zero-order valence-electron chi connectivity index (χ0n) is 13.6. The fraction of sp³-hybridized carbons (Fsp3) is 0.158. The van der Waals surface area contributed by atoms with Gasteiger partial charge in [-0.25, -0.2) is 0 Å². The van der Waals surface area contributed by atoms with Crippen molar-refractivity contribution in [3.05, 3.63) is 58.7 Å². The number of allylic oxidation sites excluding steroid dienone is 1. The van der Waals surface area contributed by atoms with E-state index >= 15 is 0 Å². The van der Waals surface area contributed by atoms with Crippen molar-refractivity contribution in [2.24, 2.45) is 0 Å². The Hall–Kier alpha value is -2.88. The summed E-state index contributed by atoms with van der Waals surface area (Å²) in [6.45, 7) is 7.97. The molecule has 0 radical (unpaired) electrons. The van der Waals surface area contributed by atoms with Crippen LogP contribution in [0.3, 0.4) is 0 Å². The van der Waals surface area contributed by atoms with Crippen molar-refractivity contribution < 1.29 is 9.59 Å². The van der Waals surface area contributed by atoms with Gasteiger partial charge in [-0.1, -0.05) is 24.3 Å². The molecule has 0 aliphatic carbocycles. The van der Waals surface area contributed by atoms with E-state index in [0.29, 0.717) is 11.3 Å². The maximum absolute atomic E-state index is 12.3. The van der Waals surface area contributed by atoms with Crippen molar-refractivity contribution in [3.8, 4) is 0 Å². The summed E-state index contributed by atoms with van der Waals surface area (Å²) in [5.41, 5.74) is 13.4. The lowest BCUT2D eigenvalue weighted by Crippen LogP contribution is -2.06. The van der Waals surface area contributed by atoms with Crippen LogP contribution in [-0.2, 0) is 9.59 Å². The first-order valence-corrected chi connectivity index (χ1v) is 7.26. The third-order valence-corrected chi connectivity index (χ3v) is 3.91. The number of hydrogen-bond acceptors (Lipinski definition) is 3. The number of carbonyl (C=O) groups is 2. The Balaban J connectivity index is 0.000000924. The molecule has 1 aliphatic rings. The molecule has 1 amide bonds. The van der Waals surface area contributed by atoms with Gasteiger partial charge in [0.15, 0.2) is 0 Å². The fourth-order valence-electron chi connectivity index (χ4n) is 2.82. The fourth-order valence-corrected chi connectivity index (χ4v) is 2.82. The molecule has 0 saturated heterocycles. The minimum absolute atomic E-state index is 0.0620. The van der Waals surface area contributed by atoms with Gasteiger partial charge in [-0.3, -0.25) is 4.79 Å². The highest BCUT2D eigenvalue weighted by atomic mass is 16.2. The predicted octanol–water partition coefficient (Wildman–Crippen LogP) is 3.58. The molecular formula is C19H20N2O2. The van der Waals surface area contributed by atoms with Crippen molar-refractivity contribution in [2.75, 3.05) is 11.1 Å². The average molecular weight is 308 g/mol. The Morgan fingerprint density at radius 2 is 1.65 bits per heavy atom. The summed E-state index contributed by atoms with van der Waals surface area (Å²) in [7, 11) is 0. The predicted molar refractivity (Wildman–Crippen MR) is 95.0 cm³/mol. The quantitative estimate of drug-likeness (QED) is 0.624. The van der Waals surface area contributed by atoms with E-state index in [9.17, 15) is 4.79 Å². The largest absolute Gasteiger partial charge is 0.398 e. The number of nitrogens with one attached hydrogen (secondary N) is 1. The molecule has 1 heterocycles. The summed E-state index contributed by atoms with van der Waals surface area (Å²) < 4.78 is 0. The van der Waals surface area contributed by atoms with Gasteiger partial charge in [0, 0.05) is 22.5 Å². The van der Waals surface area contributed by atoms with Gasteiger partial charge >= 0.3 is 0 Å². The number of amides is 1. The van der Waals surface area contributed by atoms with Crippen LogP contribution in [0, 0.1) is 13.8 Å². The Labute approximate surface area is 136 Å². The first-order chi connectivity index (χ1) is 11.0. The lowest BCUT2D eigenvalue weighted by molar-refractivity contribution is -0.110. The number of nitrogens with two attached hydrogens (primary N) is 1. The zero-order valence-corrected chi connectivity index (χ0v) is 13.6. The molecule has 23 heavy (non-hydrogen) atoms. The highest BCUT2D eigenvalue weighted by Gasteiger charge is 2.26. The van der Waals surface area contributed by atoms with Crippen LogP contribution in [0.4, 0.5) is 11.4 Å². The minimum atomic E-state index is -0.0620. The SMILES string of the molecule is C/C(=C1/C(=O)Nc2cc(C)ccc21)c1ccc(C)cc1N.C=O. The third-order valence-electron chi connectivity index (χ3n) is 3.91. The van der Waals surface area contributed by atoms with Crippen molar-refractivity contribution >= 4 is 35.2 Å². The second-order valence-corrected chi connectivity index (χ2v) is 5.59. The smallest absolute Gasteiger partial charge is 0.256 e. The molecule has 2 aromatic rings. The lowest BCUT2D eigenvalue weighted by Gasteiger charge is -2.10. The van der Waals surface area contributed by atoms with E-state index in [-0.39, 0.29) is 5.91 Å². The van der Waals surface area contributed by atoms with Gasteiger partial charge in [0.1, 0.15) is 6.79 Å². The molecule has 2 aromatic carbocycles. The van der Waals surface area contributed by atoms with Crippen molar-refractivity contribution in [1.29, 1.82) is 0 Å². The van der Waals surface area contributed by atoms with Crippen LogP contribution in [0.25, 0.3) is 11.1 Å². The molecular weight excluding hydrogens is 288 g/mol. The van der Waals surface area contributed by atoms with Crippen LogP contribution >= 0.6 is 0 Å². The van der Waals surface area contributed by atoms with E-state index in [1.807, 2.05) is 64.0 Å². The standard InChI is InChI=1S/C18H18N2O.CH2O/c1-10-4-6-13(15(19)8-10)12(3)17-14-7-5-11(2)9-16(14)20-18(17)21;1-2/h4-9H,19H2,1-3H3,(H,20,21);1H2/b17-12-;. The number of nitrogen functional groups attached to an aromatic ring is 1. The molecule has 3 rings (SSSR count). The van der Waals surface area contributed by atoms with E-state index in [0.717, 1.165) is 33.5 Å². The molecule has 0 saturated carbocycles.